The Balaban J connectivity index is 1.80. The molecule has 0 unspecified atom stereocenters. The van der Waals surface area contributed by atoms with E-state index in [1.54, 1.807) is 43.5 Å². The van der Waals surface area contributed by atoms with E-state index in [-0.39, 0.29) is 18.7 Å². The van der Waals surface area contributed by atoms with Gasteiger partial charge in [-0.05, 0) is 30.3 Å². The molecule has 0 aliphatic heterocycles. The maximum Gasteiger partial charge on any atom is 0.261 e. The zero-order valence-electron chi connectivity index (χ0n) is 14.9. The number of carbonyl (C=O) groups is 1. The average Bonchev–Trinajstić information content (AvgIpc) is 2.67. The molecular formula is C19H17BrClN3O4. The number of carbonyl (C=O) groups excluding carboxylic acids is 1. The highest BCUT2D eigenvalue weighted by Gasteiger charge is 2.13. The van der Waals surface area contributed by atoms with Crippen LogP contribution >= 0.6 is 27.5 Å². The monoisotopic (exact) mass is 465 g/mol. The van der Waals surface area contributed by atoms with Crippen LogP contribution in [0.4, 0.5) is 5.69 Å². The van der Waals surface area contributed by atoms with E-state index in [4.69, 9.17) is 21.1 Å². The molecule has 0 spiro atoms. The highest BCUT2D eigenvalue weighted by molar-refractivity contribution is 9.10. The number of ether oxygens (including phenoxy) is 2. The van der Waals surface area contributed by atoms with E-state index >= 15 is 0 Å². The quantitative estimate of drug-likeness (QED) is 0.539. The minimum absolute atomic E-state index is 0.196. The summed E-state index contributed by atoms with van der Waals surface area (Å²) in [5.41, 5.74) is 0.677. The average molecular weight is 467 g/mol. The Morgan fingerprint density at radius 2 is 2.11 bits per heavy atom. The van der Waals surface area contributed by atoms with Gasteiger partial charge in [0, 0.05) is 11.6 Å². The predicted octanol–water partition coefficient (Wildman–Crippen LogP) is 3.48. The second-order valence-corrected chi connectivity index (χ2v) is 7.17. The number of amides is 1. The number of aromatic nitrogens is 2. The number of rotatable bonds is 7. The second-order valence-electron chi connectivity index (χ2n) is 5.85. The van der Waals surface area contributed by atoms with Crippen molar-refractivity contribution in [3.63, 3.8) is 0 Å². The van der Waals surface area contributed by atoms with E-state index in [1.165, 1.54) is 10.9 Å². The van der Waals surface area contributed by atoms with Crippen LogP contribution in [0.2, 0.25) is 5.02 Å². The standard InChI is InChI=1S/C19H17BrClN3O4/c1-27-7-8-28-18-14(21)3-2-4-16(18)23-17(25)10-24-11-22-15-6-5-12(20)9-13(15)19(24)26/h2-6,9,11H,7-8,10H2,1H3,(H,23,25). The summed E-state index contributed by atoms with van der Waals surface area (Å²) in [6.45, 7) is 0.469. The maximum atomic E-state index is 12.6. The van der Waals surface area contributed by atoms with Gasteiger partial charge in [0.2, 0.25) is 5.91 Å². The fourth-order valence-electron chi connectivity index (χ4n) is 2.57. The van der Waals surface area contributed by atoms with Crippen molar-refractivity contribution in [2.75, 3.05) is 25.6 Å². The molecule has 0 aliphatic carbocycles. The highest BCUT2D eigenvalue weighted by Crippen LogP contribution is 2.32. The summed E-state index contributed by atoms with van der Waals surface area (Å²) in [4.78, 5) is 29.4. The van der Waals surface area contributed by atoms with Crippen molar-refractivity contribution in [1.29, 1.82) is 0 Å². The molecule has 0 atom stereocenters. The molecule has 2 aromatic carbocycles. The van der Waals surface area contributed by atoms with E-state index in [0.717, 1.165) is 4.47 Å². The van der Waals surface area contributed by atoms with E-state index in [2.05, 4.69) is 26.2 Å². The molecule has 0 aliphatic rings. The zero-order chi connectivity index (χ0) is 20.1. The topological polar surface area (TPSA) is 82.4 Å². The lowest BCUT2D eigenvalue weighted by Crippen LogP contribution is -2.28. The lowest BCUT2D eigenvalue weighted by Gasteiger charge is -2.14. The number of methoxy groups -OCH3 is 1. The third kappa shape index (κ3) is 4.70. The Hall–Kier alpha value is -2.42. The second kappa shape index (κ2) is 9.18. The molecule has 0 fully saturated rings. The summed E-state index contributed by atoms with van der Waals surface area (Å²) in [7, 11) is 1.56. The number of fused-ring (bicyclic) bond motifs is 1. The molecule has 9 heteroatoms. The van der Waals surface area contributed by atoms with Crippen LogP contribution < -0.4 is 15.6 Å². The Morgan fingerprint density at radius 1 is 1.29 bits per heavy atom. The molecule has 1 aromatic heterocycles. The largest absolute Gasteiger partial charge is 0.487 e. The van der Waals surface area contributed by atoms with Gasteiger partial charge in [0.05, 0.1) is 34.5 Å². The highest BCUT2D eigenvalue weighted by atomic mass is 79.9. The van der Waals surface area contributed by atoms with Gasteiger partial charge in [-0.2, -0.15) is 0 Å². The molecule has 0 radical (unpaired) electrons. The van der Waals surface area contributed by atoms with Gasteiger partial charge < -0.3 is 14.8 Å². The van der Waals surface area contributed by atoms with Crippen LogP contribution in [0, 0.1) is 0 Å². The molecule has 0 saturated heterocycles. The molecule has 7 nitrogen and oxygen atoms in total. The zero-order valence-corrected chi connectivity index (χ0v) is 17.3. The van der Waals surface area contributed by atoms with Gasteiger partial charge in [0.1, 0.15) is 13.2 Å². The van der Waals surface area contributed by atoms with Crippen LogP contribution in [0.1, 0.15) is 0 Å². The summed E-state index contributed by atoms with van der Waals surface area (Å²) in [6, 6.07) is 10.2. The van der Waals surface area contributed by atoms with E-state index in [0.29, 0.717) is 34.0 Å². The number of hydrogen-bond acceptors (Lipinski definition) is 5. The number of hydrogen-bond donors (Lipinski definition) is 1. The Morgan fingerprint density at radius 3 is 2.89 bits per heavy atom. The van der Waals surface area contributed by atoms with E-state index < -0.39 is 5.91 Å². The fourth-order valence-corrected chi connectivity index (χ4v) is 3.16. The molecular weight excluding hydrogens is 450 g/mol. The lowest BCUT2D eigenvalue weighted by atomic mass is 10.2. The summed E-state index contributed by atoms with van der Waals surface area (Å²) >= 11 is 9.51. The van der Waals surface area contributed by atoms with Crippen molar-refractivity contribution < 1.29 is 14.3 Å². The van der Waals surface area contributed by atoms with Crippen LogP contribution in [-0.2, 0) is 16.1 Å². The van der Waals surface area contributed by atoms with Gasteiger partial charge in [-0.1, -0.05) is 33.6 Å². The minimum atomic E-state index is -0.405. The van der Waals surface area contributed by atoms with Crippen molar-refractivity contribution in [1.82, 2.24) is 9.55 Å². The maximum absolute atomic E-state index is 12.6. The lowest BCUT2D eigenvalue weighted by molar-refractivity contribution is -0.116. The van der Waals surface area contributed by atoms with Gasteiger partial charge in [-0.15, -0.1) is 0 Å². The van der Waals surface area contributed by atoms with Crippen molar-refractivity contribution in [3.05, 3.63) is 62.6 Å². The summed E-state index contributed by atoms with van der Waals surface area (Å²) in [5, 5.41) is 3.52. The first kappa shape index (κ1) is 20.3. The first-order chi connectivity index (χ1) is 13.5. The molecule has 0 bridgehead atoms. The Labute approximate surface area is 174 Å². The van der Waals surface area contributed by atoms with Crippen LogP contribution in [-0.4, -0.2) is 35.8 Å². The summed E-state index contributed by atoms with van der Waals surface area (Å²) in [5.74, 6) is -0.0559. The number of nitrogens with one attached hydrogen (secondary N) is 1. The molecule has 1 amide bonds. The number of anilines is 1. The molecule has 3 aromatic rings. The SMILES string of the molecule is COCCOc1c(Cl)cccc1NC(=O)Cn1cnc2ccc(Br)cc2c1=O. The molecule has 146 valence electrons. The van der Waals surface area contributed by atoms with Gasteiger partial charge >= 0.3 is 0 Å². The number of benzene rings is 2. The first-order valence-electron chi connectivity index (χ1n) is 8.34. The van der Waals surface area contributed by atoms with Crippen LogP contribution in [0.15, 0.2) is 52.0 Å². The van der Waals surface area contributed by atoms with Gasteiger partial charge in [-0.3, -0.25) is 14.2 Å². The molecule has 1 N–H and O–H groups in total. The van der Waals surface area contributed by atoms with Gasteiger partial charge in [0.25, 0.3) is 5.56 Å². The van der Waals surface area contributed by atoms with Crippen molar-refractivity contribution >= 4 is 50.0 Å². The number of nitrogens with zero attached hydrogens (tertiary/aromatic N) is 2. The smallest absolute Gasteiger partial charge is 0.261 e. The van der Waals surface area contributed by atoms with Crippen LogP contribution in [0.25, 0.3) is 10.9 Å². The number of halogens is 2. The summed E-state index contributed by atoms with van der Waals surface area (Å²) < 4.78 is 12.6. The van der Waals surface area contributed by atoms with Crippen LogP contribution in [0.3, 0.4) is 0 Å². The van der Waals surface area contributed by atoms with Gasteiger partial charge in [0.15, 0.2) is 5.75 Å². The van der Waals surface area contributed by atoms with Crippen LogP contribution in [0.5, 0.6) is 5.75 Å². The van der Waals surface area contributed by atoms with E-state index in [9.17, 15) is 9.59 Å². The fraction of sp³-hybridized carbons (Fsp3) is 0.211. The normalized spacial score (nSPS) is 10.8. The third-order valence-electron chi connectivity index (χ3n) is 3.87. The van der Waals surface area contributed by atoms with E-state index in [1.807, 2.05) is 0 Å². The molecule has 28 heavy (non-hydrogen) atoms. The van der Waals surface area contributed by atoms with Crippen molar-refractivity contribution in [3.8, 4) is 5.75 Å². The van der Waals surface area contributed by atoms with Gasteiger partial charge in [-0.25, -0.2) is 4.98 Å². The minimum Gasteiger partial charge on any atom is -0.487 e. The number of para-hydroxylation sites is 1. The Bertz CT molecular complexity index is 1070. The molecule has 0 saturated carbocycles. The Kier molecular flexibility index (Phi) is 6.66. The van der Waals surface area contributed by atoms with Crippen molar-refractivity contribution in [2.45, 2.75) is 6.54 Å². The molecule has 1 heterocycles. The third-order valence-corrected chi connectivity index (χ3v) is 4.67. The predicted molar refractivity (Wildman–Crippen MR) is 111 cm³/mol. The summed E-state index contributed by atoms with van der Waals surface area (Å²) in [6.07, 6.45) is 1.35. The van der Waals surface area contributed by atoms with Crippen molar-refractivity contribution in [2.24, 2.45) is 0 Å². The molecule has 3 rings (SSSR count). The first-order valence-corrected chi connectivity index (χ1v) is 9.51.